The lowest BCUT2D eigenvalue weighted by molar-refractivity contribution is -0.115. The number of benzene rings is 2. The first-order valence-corrected chi connectivity index (χ1v) is 9.06. The molecule has 3 N–H and O–H groups in total. The lowest BCUT2D eigenvalue weighted by atomic mass is 10.1. The third-order valence-corrected chi connectivity index (χ3v) is 4.46. The minimum absolute atomic E-state index is 0.0958. The zero-order chi connectivity index (χ0) is 20.2. The van der Waals surface area contributed by atoms with E-state index in [1.54, 1.807) is 41.2 Å². The van der Waals surface area contributed by atoms with E-state index in [9.17, 15) is 9.59 Å². The average molecular weight is 385 g/mol. The molecular weight excluding hydrogens is 366 g/mol. The number of hydrogen-bond donors (Lipinski definition) is 2. The highest BCUT2D eigenvalue weighted by Crippen LogP contribution is 2.15. The number of amides is 2. The summed E-state index contributed by atoms with van der Waals surface area (Å²) < 4.78 is 3.56. The molecular formula is C22H19N5O2. The number of carbonyl (C=O) groups excluding carboxylic acids is 2. The van der Waals surface area contributed by atoms with E-state index in [0.717, 1.165) is 16.9 Å². The minimum atomic E-state index is -0.575. The molecule has 0 radical (unpaired) electrons. The Morgan fingerprint density at radius 3 is 2.14 bits per heavy atom. The third-order valence-electron chi connectivity index (χ3n) is 4.46. The van der Waals surface area contributed by atoms with Gasteiger partial charge < -0.3 is 15.6 Å². The van der Waals surface area contributed by atoms with E-state index < -0.39 is 5.91 Å². The fourth-order valence-corrected chi connectivity index (χ4v) is 2.98. The molecule has 7 nitrogen and oxygen atoms in total. The van der Waals surface area contributed by atoms with Crippen LogP contribution in [0.15, 0.2) is 85.3 Å². The molecule has 0 saturated heterocycles. The summed E-state index contributed by atoms with van der Waals surface area (Å²) in [5.74, 6) is -0.671. The molecule has 2 aromatic carbocycles. The third kappa shape index (κ3) is 4.24. The van der Waals surface area contributed by atoms with Gasteiger partial charge in [-0.25, -0.2) is 4.68 Å². The zero-order valence-electron chi connectivity index (χ0n) is 15.5. The molecule has 0 atom stereocenters. The van der Waals surface area contributed by atoms with Gasteiger partial charge in [-0.3, -0.25) is 9.59 Å². The van der Waals surface area contributed by atoms with Crippen LogP contribution in [-0.2, 0) is 11.2 Å². The maximum atomic E-state index is 12.3. The van der Waals surface area contributed by atoms with Crippen LogP contribution in [0.3, 0.4) is 0 Å². The largest absolute Gasteiger partial charge is 0.364 e. The van der Waals surface area contributed by atoms with Crippen LogP contribution in [-0.4, -0.2) is 26.2 Å². The summed E-state index contributed by atoms with van der Waals surface area (Å²) >= 11 is 0. The van der Waals surface area contributed by atoms with Crippen molar-refractivity contribution in [1.29, 1.82) is 0 Å². The molecule has 144 valence electrons. The van der Waals surface area contributed by atoms with Crippen molar-refractivity contribution in [3.8, 4) is 11.4 Å². The Morgan fingerprint density at radius 1 is 0.862 bits per heavy atom. The lowest BCUT2D eigenvalue weighted by Crippen LogP contribution is -2.14. The molecule has 29 heavy (non-hydrogen) atoms. The second kappa shape index (κ2) is 7.85. The van der Waals surface area contributed by atoms with Gasteiger partial charge in [-0.1, -0.05) is 12.1 Å². The molecule has 0 aliphatic rings. The Hall–Kier alpha value is -4.13. The number of rotatable bonds is 6. The number of carbonyl (C=O) groups is 2. The first-order chi connectivity index (χ1) is 14.1. The number of anilines is 1. The van der Waals surface area contributed by atoms with Gasteiger partial charge in [0.25, 0.3) is 5.91 Å². The van der Waals surface area contributed by atoms with E-state index in [2.05, 4.69) is 10.4 Å². The smallest absolute Gasteiger partial charge is 0.269 e. The van der Waals surface area contributed by atoms with Gasteiger partial charge in [-0.05, 0) is 60.2 Å². The molecule has 0 bridgehead atoms. The number of nitrogens with one attached hydrogen (secondary N) is 1. The number of hydrogen-bond acceptors (Lipinski definition) is 3. The predicted molar refractivity (Wildman–Crippen MR) is 110 cm³/mol. The predicted octanol–water partition coefficient (Wildman–Crippen LogP) is 2.94. The standard InChI is InChI=1S/C22H19N5O2/c23-22(29)20-11-14-27(25-20)19-9-5-17(6-10-19)24-21(28)15-16-3-7-18(8-4-16)26-12-1-2-13-26/h1-14H,15H2,(H2,23,29)(H,24,28). The first-order valence-electron chi connectivity index (χ1n) is 9.06. The van der Waals surface area contributed by atoms with Gasteiger partial charge in [0.05, 0.1) is 12.1 Å². The van der Waals surface area contributed by atoms with Gasteiger partial charge >= 0.3 is 0 Å². The van der Waals surface area contributed by atoms with Gasteiger partial charge in [0.1, 0.15) is 5.69 Å². The van der Waals surface area contributed by atoms with Crippen molar-refractivity contribution < 1.29 is 9.59 Å². The van der Waals surface area contributed by atoms with Crippen LogP contribution in [0.5, 0.6) is 0 Å². The van der Waals surface area contributed by atoms with Gasteiger partial charge in [0, 0.05) is 30.0 Å². The van der Waals surface area contributed by atoms with Crippen LogP contribution in [0.2, 0.25) is 0 Å². The molecule has 0 unspecified atom stereocenters. The van der Waals surface area contributed by atoms with E-state index >= 15 is 0 Å². The van der Waals surface area contributed by atoms with Crippen molar-refractivity contribution in [3.05, 3.63) is 96.6 Å². The summed E-state index contributed by atoms with van der Waals surface area (Å²) in [7, 11) is 0. The van der Waals surface area contributed by atoms with Crippen molar-refractivity contribution >= 4 is 17.5 Å². The SMILES string of the molecule is NC(=O)c1ccn(-c2ccc(NC(=O)Cc3ccc(-n4cccc4)cc3)cc2)n1. The monoisotopic (exact) mass is 385 g/mol. The fourth-order valence-electron chi connectivity index (χ4n) is 2.98. The summed E-state index contributed by atoms with van der Waals surface area (Å²) in [5.41, 5.74) is 8.85. The van der Waals surface area contributed by atoms with Crippen LogP contribution in [0, 0.1) is 0 Å². The molecule has 0 aliphatic heterocycles. The van der Waals surface area contributed by atoms with E-state index in [-0.39, 0.29) is 18.0 Å². The van der Waals surface area contributed by atoms with Gasteiger partial charge in [-0.2, -0.15) is 5.10 Å². The topological polar surface area (TPSA) is 94.9 Å². The highest BCUT2D eigenvalue weighted by Gasteiger charge is 2.08. The van der Waals surface area contributed by atoms with E-state index in [0.29, 0.717) is 5.69 Å². The second-order valence-corrected chi connectivity index (χ2v) is 6.54. The summed E-state index contributed by atoms with van der Waals surface area (Å²) in [6.45, 7) is 0. The van der Waals surface area contributed by atoms with Gasteiger partial charge in [-0.15, -0.1) is 0 Å². The van der Waals surface area contributed by atoms with E-state index in [1.165, 1.54) is 0 Å². The van der Waals surface area contributed by atoms with E-state index in [4.69, 9.17) is 5.73 Å². The highest BCUT2D eigenvalue weighted by atomic mass is 16.2. The van der Waals surface area contributed by atoms with Crippen molar-refractivity contribution in [3.63, 3.8) is 0 Å². The summed E-state index contributed by atoms with van der Waals surface area (Å²) in [4.78, 5) is 23.5. The van der Waals surface area contributed by atoms with Crippen molar-refractivity contribution in [1.82, 2.24) is 14.3 Å². The molecule has 7 heteroatoms. The number of nitrogens with zero attached hydrogens (tertiary/aromatic N) is 3. The van der Waals surface area contributed by atoms with E-state index in [1.807, 2.05) is 53.4 Å². The zero-order valence-corrected chi connectivity index (χ0v) is 15.5. The molecule has 2 aromatic heterocycles. The van der Waals surface area contributed by atoms with Crippen LogP contribution < -0.4 is 11.1 Å². The molecule has 2 heterocycles. The van der Waals surface area contributed by atoms with Crippen LogP contribution >= 0.6 is 0 Å². The Balaban J connectivity index is 1.37. The summed E-state index contributed by atoms with van der Waals surface area (Å²) in [5, 5.41) is 6.99. The maximum Gasteiger partial charge on any atom is 0.269 e. The normalized spacial score (nSPS) is 10.6. The molecule has 0 aliphatic carbocycles. The molecule has 0 spiro atoms. The number of nitrogens with two attached hydrogens (primary N) is 1. The first kappa shape index (κ1) is 18.2. The quantitative estimate of drug-likeness (QED) is 0.534. The van der Waals surface area contributed by atoms with Crippen molar-refractivity contribution in [2.45, 2.75) is 6.42 Å². The van der Waals surface area contributed by atoms with Crippen LogP contribution in [0.25, 0.3) is 11.4 Å². The van der Waals surface area contributed by atoms with Gasteiger partial charge in [0.15, 0.2) is 0 Å². The van der Waals surface area contributed by atoms with Crippen molar-refractivity contribution in [2.24, 2.45) is 5.73 Å². The lowest BCUT2D eigenvalue weighted by Gasteiger charge is -2.08. The number of aromatic nitrogens is 3. The summed E-state index contributed by atoms with van der Waals surface area (Å²) in [6.07, 6.45) is 5.90. The minimum Gasteiger partial charge on any atom is -0.364 e. The number of primary amides is 1. The van der Waals surface area contributed by atoms with Crippen molar-refractivity contribution in [2.75, 3.05) is 5.32 Å². The van der Waals surface area contributed by atoms with Gasteiger partial charge in [0.2, 0.25) is 5.91 Å². The Morgan fingerprint density at radius 2 is 1.52 bits per heavy atom. The Bertz CT molecular complexity index is 1130. The molecule has 4 rings (SSSR count). The van der Waals surface area contributed by atoms with Crippen LogP contribution in [0.4, 0.5) is 5.69 Å². The highest BCUT2D eigenvalue weighted by molar-refractivity contribution is 5.92. The average Bonchev–Trinajstić information content (AvgIpc) is 3.42. The Labute approximate surface area is 167 Å². The maximum absolute atomic E-state index is 12.3. The molecule has 0 fully saturated rings. The fraction of sp³-hybridized carbons (Fsp3) is 0.0455. The Kier molecular flexibility index (Phi) is 4.94. The summed E-state index contributed by atoms with van der Waals surface area (Å²) in [6, 6.07) is 20.5. The molecule has 4 aromatic rings. The molecule has 0 saturated carbocycles. The van der Waals surface area contributed by atoms with Crippen LogP contribution in [0.1, 0.15) is 16.1 Å². The molecule has 2 amide bonds. The second-order valence-electron chi connectivity index (χ2n) is 6.54.